The summed E-state index contributed by atoms with van der Waals surface area (Å²) < 4.78 is 16.3. The number of ether oxygens (including phenoxy) is 3. The Morgan fingerprint density at radius 3 is 2.54 bits per heavy atom. The molecule has 1 aliphatic heterocycles. The zero-order valence-electron chi connectivity index (χ0n) is 21.0. The van der Waals surface area contributed by atoms with Crippen LogP contribution in [0.4, 0.5) is 0 Å². The number of H-pyrrole nitrogens is 1. The molecule has 0 saturated carbocycles. The van der Waals surface area contributed by atoms with Crippen molar-refractivity contribution < 1.29 is 23.8 Å². The lowest BCUT2D eigenvalue weighted by Gasteiger charge is -2.26. The van der Waals surface area contributed by atoms with Gasteiger partial charge in [-0.15, -0.1) is 0 Å². The van der Waals surface area contributed by atoms with Crippen LogP contribution in [0.1, 0.15) is 27.5 Å². The zero-order valence-corrected chi connectivity index (χ0v) is 21.0. The minimum absolute atomic E-state index is 0.0872. The number of para-hydroxylation sites is 1. The molecule has 0 spiro atoms. The van der Waals surface area contributed by atoms with Gasteiger partial charge in [0.05, 0.1) is 32.6 Å². The normalized spacial score (nSPS) is 14.6. The monoisotopic (exact) mass is 499 g/mol. The number of aromatic amines is 1. The summed E-state index contributed by atoms with van der Waals surface area (Å²) in [5.74, 6) is 0.910. The van der Waals surface area contributed by atoms with E-state index in [2.05, 4.69) is 10.3 Å². The van der Waals surface area contributed by atoms with Crippen molar-refractivity contribution in [3.63, 3.8) is 0 Å². The minimum atomic E-state index is -0.487. The van der Waals surface area contributed by atoms with Crippen molar-refractivity contribution >= 4 is 22.7 Å². The molecule has 8 heteroatoms. The molecule has 2 heterocycles. The van der Waals surface area contributed by atoms with E-state index in [1.165, 1.54) is 0 Å². The Hall–Kier alpha value is -4.30. The topological polar surface area (TPSA) is 92.9 Å². The van der Waals surface area contributed by atoms with E-state index in [1.807, 2.05) is 66.7 Å². The minimum Gasteiger partial charge on any atom is -0.497 e. The number of nitrogens with one attached hydrogen (secondary N) is 2. The first-order chi connectivity index (χ1) is 18.1. The molecular weight excluding hydrogens is 470 g/mol. The maximum absolute atomic E-state index is 13.6. The van der Waals surface area contributed by atoms with Crippen LogP contribution in [0.3, 0.4) is 0 Å². The Morgan fingerprint density at radius 2 is 1.76 bits per heavy atom. The standard InChI is InChI=1S/C29H29N3O5/c1-35-15-14-30-25(33)17-32-28(19-8-4-5-9-20(19)29(32)34)26-21-10-6-7-11-23(21)31-27(26)22-16-18(36-2)12-13-24(22)37-3/h4-13,16,28,31H,14-15,17H2,1-3H3,(H,30,33)/t28-/m1/s1. The summed E-state index contributed by atoms with van der Waals surface area (Å²) >= 11 is 0. The molecule has 190 valence electrons. The maximum atomic E-state index is 13.6. The SMILES string of the molecule is COCCNC(=O)CN1C(=O)c2ccccc2[C@@H]1c1c(-c2cc(OC)ccc2OC)[nH]c2ccccc12. The molecule has 8 nitrogen and oxygen atoms in total. The lowest BCUT2D eigenvalue weighted by Crippen LogP contribution is -2.40. The van der Waals surface area contributed by atoms with Gasteiger partial charge in [0, 0.05) is 41.2 Å². The molecule has 2 amide bonds. The van der Waals surface area contributed by atoms with E-state index < -0.39 is 6.04 Å². The lowest BCUT2D eigenvalue weighted by molar-refractivity contribution is -0.122. The molecule has 0 bridgehead atoms. The maximum Gasteiger partial charge on any atom is 0.255 e. The number of aromatic nitrogens is 1. The lowest BCUT2D eigenvalue weighted by atomic mass is 9.93. The highest BCUT2D eigenvalue weighted by molar-refractivity contribution is 6.03. The van der Waals surface area contributed by atoms with Crippen LogP contribution in [0.2, 0.25) is 0 Å². The number of benzene rings is 3. The van der Waals surface area contributed by atoms with Crippen molar-refractivity contribution in [1.82, 2.24) is 15.2 Å². The molecule has 1 atom stereocenters. The van der Waals surface area contributed by atoms with Crippen LogP contribution in [0, 0.1) is 0 Å². The van der Waals surface area contributed by atoms with E-state index in [1.54, 1.807) is 26.2 Å². The number of nitrogens with zero attached hydrogens (tertiary/aromatic N) is 1. The molecule has 3 aromatic carbocycles. The summed E-state index contributed by atoms with van der Waals surface area (Å²) in [6.07, 6.45) is 0. The largest absolute Gasteiger partial charge is 0.497 e. The summed E-state index contributed by atoms with van der Waals surface area (Å²) in [5.41, 5.74) is 4.85. The van der Waals surface area contributed by atoms with Gasteiger partial charge in [-0.3, -0.25) is 9.59 Å². The molecule has 2 N–H and O–H groups in total. The fraction of sp³-hybridized carbons (Fsp3) is 0.241. The van der Waals surface area contributed by atoms with E-state index in [0.717, 1.165) is 33.3 Å². The van der Waals surface area contributed by atoms with Crippen molar-refractivity contribution in [2.45, 2.75) is 6.04 Å². The van der Waals surface area contributed by atoms with Gasteiger partial charge in [0.15, 0.2) is 0 Å². The third kappa shape index (κ3) is 4.40. The number of methoxy groups -OCH3 is 3. The molecule has 4 aromatic rings. The number of carbonyl (C=O) groups excluding carboxylic acids is 2. The average molecular weight is 500 g/mol. The van der Waals surface area contributed by atoms with Crippen molar-refractivity contribution in [1.29, 1.82) is 0 Å². The smallest absolute Gasteiger partial charge is 0.255 e. The zero-order chi connectivity index (χ0) is 25.9. The van der Waals surface area contributed by atoms with Crippen LogP contribution in [0.15, 0.2) is 66.7 Å². The molecule has 0 saturated heterocycles. The Morgan fingerprint density at radius 1 is 0.973 bits per heavy atom. The van der Waals surface area contributed by atoms with Gasteiger partial charge in [-0.2, -0.15) is 0 Å². The van der Waals surface area contributed by atoms with Gasteiger partial charge in [0.1, 0.15) is 18.0 Å². The first-order valence-corrected chi connectivity index (χ1v) is 12.1. The van der Waals surface area contributed by atoms with Crippen LogP contribution < -0.4 is 14.8 Å². The Balaban J connectivity index is 1.71. The van der Waals surface area contributed by atoms with Crippen LogP contribution in [0.5, 0.6) is 11.5 Å². The summed E-state index contributed by atoms with van der Waals surface area (Å²) in [7, 11) is 4.82. The Bertz CT molecular complexity index is 1460. The van der Waals surface area contributed by atoms with Gasteiger partial charge in [-0.1, -0.05) is 36.4 Å². The van der Waals surface area contributed by atoms with Gasteiger partial charge in [0.2, 0.25) is 5.91 Å². The number of hydrogen-bond acceptors (Lipinski definition) is 5. The van der Waals surface area contributed by atoms with Gasteiger partial charge < -0.3 is 29.4 Å². The van der Waals surface area contributed by atoms with E-state index in [0.29, 0.717) is 30.2 Å². The predicted molar refractivity (Wildman–Crippen MR) is 141 cm³/mol. The van der Waals surface area contributed by atoms with Crippen molar-refractivity contribution in [2.24, 2.45) is 0 Å². The van der Waals surface area contributed by atoms with E-state index >= 15 is 0 Å². The average Bonchev–Trinajstić information content (AvgIpc) is 3.43. The van der Waals surface area contributed by atoms with Crippen molar-refractivity contribution in [3.05, 3.63) is 83.4 Å². The summed E-state index contributed by atoms with van der Waals surface area (Å²) in [6.45, 7) is 0.677. The first kappa shape index (κ1) is 24.4. The van der Waals surface area contributed by atoms with Crippen LogP contribution in [-0.2, 0) is 9.53 Å². The number of fused-ring (bicyclic) bond motifs is 2. The second-order valence-electron chi connectivity index (χ2n) is 8.79. The molecule has 0 aliphatic carbocycles. The van der Waals surface area contributed by atoms with E-state index in [4.69, 9.17) is 14.2 Å². The summed E-state index contributed by atoms with van der Waals surface area (Å²) in [4.78, 5) is 31.7. The molecule has 1 aromatic heterocycles. The van der Waals surface area contributed by atoms with Crippen LogP contribution >= 0.6 is 0 Å². The highest BCUT2D eigenvalue weighted by Gasteiger charge is 2.41. The highest BCUT2D eigenvalue weighted by Crippen LogP contribution is 2.47. The second-order valence-corrected chi connectivity index (χ2v) is 8.79. The molecule has 0 unspecified atom stereocenters. The van der Waals surface area contributed by atoms with Crippen LogP contribution in [0.25, 0.3) is 22.2 Å². The predicted octanol–water partition coefficient (Wildman–Crippen LogP) is 4.16. The second kappa shape index (κ2) is 10.4. The third-order valence-electron chi connectivity index (χ3n) is 6.70. The molecule has 0 radical (unpaired) electrons. The summed E-state index contributed by atoms with van der Waals surface area (Å²) in [5, 5.41) is 3.80. The molecule has 1 aliphatic rings. The third-order valence-corrected chi connectivity index (χ3v) is 6.70. The van der Waals surface area contributed by atoms with Crippen molar-refractivity contribution in [2.75, 3.05) is 41.0 Å². The highest BCUT2D eigenvalue weighted by atomic mass is 16.5. The molecular formula is C29H29N3O5. The quantitative estimate of drug-likeness (QED) is 0.338. The fourth-order valence-corrected chi connectivity index (χ4v) is 5.02. The number of amides is 2. The number of carbonyl (C=O) groups is 2. The van der Waals surface area contributed by atoms with E-state index in [-0.39, 0.29) is 18.4 Å². The summed E-state index contributed by atoms with van der Waals surface area (Å²) in [6, 6.07) is 20.6. The number of hydrogen-bond donors (Lipinski definition) is 2. The van der Waals surface area contributed by atoms with Gasteiger partial charge in [-0.05, 0) is 35.9 Å². The Labute approximate surface area is 215 Å². The fourth-order valence-electron chi connectivity index (χ4n) is 5.02. The van der Waals surface area contributed by atoms with E-state index in [9.17, 15) is 9.59 Å². The van der Waals surface area contributed by atoms with Gasteiger partial charge >= 0.3 is 0 Å². The first-order valence-electron chi connectivity index (χ1n) is 12.1. The molecule has 37 heavy (non-hydrogen) atoms. The molecule has 5 rings (SSSR count). The van der Waals surface area contributed by atoms with Crippen molar-refractivity contribution in [3.8, 4) is 22.8 Å². The van der Waals surface area contributed by atoms with Gasteiger partial charge in [-0.25, -0.2) is 0 Å². The van der Waals surface area contributed by atoms with Gasteiger partial charge in [0.25, 0.3) is 5.91 Å². The number of rotatable bonds is 9. The Kier molecular flexibility index (Phi) is 6.83. The molecule has 0 fully saturated rings. The van der Waals surface area contributed by atoms with Crippen LogP contribution in [-0.4, -0.2) is 62.7 Å².